The van der Waals surface area contributed by atoms with Crippen molar-refractivity contribution in [2.24, 2.45) is 0 Å². The van der Waals surface area contributed by atoms with Crippen LogP contribution in [0.25, 0.3) is 0 Å². The Morgan fingerprint density at radius 3 is 2.68 bits per heavy atom. The standard InChI is InChI=1S/C21H28N4/c1-3-8-18(9-4-1)12-7-15-22-20-14-17-24-21(25-20)23-16-13-19-10-5-2-6-11-19/h1,3-4,8-10,14,17H,2,5-7,11-13,15-16H2,(H2,22,23,24,25). The second kappa shape index (κ2) is 9.82. The first-order valence-electron chi connectivity index (χ1n) is 9.43. The second-order valence-electron chi connectivity index (χ2n) is 6.57. The van der Waals surface area contributed by atoms with Crippen LogP contribution in [0.4, 0.5) is 11.8 Å². The van der Waals surface area contributed by atoms with Crippen molar-refractivity contribution in [2.45, 2.75) is 44.9 Å². The Morgan fingerprint density at radius 2 is 1.84 bits per heavy atom. The number of rotatable bonds is 9. The summed E-state index contributed by atoms with van der Waals surface area (Å²) in [5.41, 5.74) is 2.96. The molecule has 0 amide bonds. The molecule has 2 aromatic rings. The van der Waals surface area contributed by atoms with Gasteiger partial charge in [-0.1, -0.05) is 42.0 Å². The molecule has 0 bridgehead atoms. The predicted octanol–water partition coefficient (Wildman–Crippen LogP) is 4.82. The summed E-state index contributed by atoms with van der Waals surface area (Å²) >= 11 is 0. The molecule has 0 atom stereocenters. The van der Waals surface area contributed by atoms with Crippen molar-refractivity contribution in [1.29, 1.82) is 0 Å². The molecule has 1 aromatic heterocycles. The minimum atomic E-state index is 0.712. The van der Waals surface area contributed by atoms with Crippen LogP contribution >= 0.6 is 0 Å². The Hall–Kier alpha value is -2.36. The molecule has 3 rings (SSSR count). The van der Waals surface area contributed by atoms with Gasteiger partial charge in [0.25, 0.3) is 0 Å². The number of hydrogen-bond acceptors (Lipinski definition) is 4. The highest BCUT2D eigenvalue weighted by Crippen LogP contribution is 2.19. The third-order valence-electron chi connectivity index (χ3n) is 4.56. The molecule has 132 valence electrons. The zero-order chi connectivity index (χ0) is 17.2. The van der Waals surface area contributed by atoms with Crippen LogP contribution in [0, 0.1) is 0 Å². The monoisotopic (exact) mass is 336 g/mol. The van der Waals surface area contributed by atoms with E-state index >= 15 is 0 Å². The lowest BCUT2D eigenvalue weighted by atomic mass is 9.97. The van der Waals surface area contributed by atoms with E-state index in [4.69, 9.17) is 0 Å². The molecule has 0 saturated heterocycles. The van der Waals surface area contributed by atoms with Crippen LogP contribution in [-0.4, -0.2) is 23.1 Å². The van der Waals surface area contributed by atoms with Crippen molar-refractivity contribution >= 4 is 11.8 Å². The third kappa shape index (κ3) is 6.22. The lowest BCUT2D eigenvalue weighted by Gasteiger charge is -2.13. The van der Waals surface area contributed by atoms with Gasteiger partial charge in [0.05, 0.1) is 0 Å². The topological polar surface area (TPSA) is 49.8 Å². The van der Waals surface area contributed by atoms with Crippen LogP contribution in [0.3, 0.4) is 0 Å². The molecule has 1 aliphatic carbocycles. The SMILES string of the molecule is C1=C(CCNc2nccc(NCCCc3ccccc3)n2)CCCC1. The summed E-state index contributed by atoms with van der Waals surface area (Å²) in [6.07, 6.45) is 12.7. The van der Waals surface area contributed by atoms with Crippen LogP contribution in [0.15, 0.2) is 54.2 Å². The molecule has 2 N–H and O–H groups in total. The van der Waals surface area contributed by atoms with E-state index in [0.717, 1.165) is 38.2 Å². The Labute approximate surface area is 150 Å². The first-order valence-corrected chi connectivity index (χ1v) is 9.43. The molecule has 1 aliphatic rings. The van der Waals surface area contributed by atoms with Gasteiger partial charge in [-0.15, -0.1) is 0 Å². The number of aromatic nitrogens is 2. The summed E-state index contributed by atoms with van der Waals surface area (Å²) in [4.78, 5) is 8.86. The molecule has 0 aliphatic heterocycles. The van der Waals surface area contributed by atoms with Gasteiger partial charge in [0.2, 0.25) is 5.95 Å². The summed E-state index contributed by atoms with van der Waals surface area (Å²) in [5.74, 6) is 1.60. The summed E-state index contributed by atoms with van der Waals surface area (Å²) in [5, 5.41) is 6.74. The summed E-state index contributed by atoms with van der Waals surface area (Å²) in [6, 6.07) is 12.5. The zero-order valence-corrected chi connectivity index (χ0v) is 14.9. The lowest BCUT2D eigenvalue weighted by Crippen LogP contribution is -2.10. The van der Waals surface area contributed by atoms with E-state index in [1.54, 1.807) is 5.57 Å². The molecule has 0 saturated carbocycles. The highest BCUT2D eigenvalue weighted by molar-refractivity contribution is 5.39. The highest BCUT2D eigenvalue weighted by Gasteiger charge is 2.04. The summed E-state index contributed by atoms with van der Waals surface area (Å²) < 4.78 is 0. The Bertz CT molecular complexity index is 667. The molecular weight excluding hydrogens is 308 g/mol. The van der Waals surface area contributed by atoms with E-state index in [0.29, 0.717) is 5.95 Å². The van der Waals surface area contributed by atoms with Crippen LogP contribution in [0.1, 0.15) is 44.1 Å². The van der Waals surface area contributed by atoms with Crippen LogP contribution in [0.5, 0.6) is 0 Å². The fourth-order valence-corrected chi connectivity index (χ4v) is 3.16. The minimum Gasteiger partial charge on any atom is -0.370 e. The molecule has 0 fully saturated rings. The Morgan fingerprint density at radius 1 is 0.920 bits per heavy atom. The van der Waals surface area contributed by atoms with Gasteiger partial charge in [0.1, 0.15) is 5.82 Å². The smallest absolute Gasteiger partial charge is 0.224 e. The normalized spacial score (nSPS) is 14.0. The number of nitrogens with one attached hydrogen (secondary N) is 2. The predicted molar refractivity (Wildman–Crippen MR) is 105 cm³/mol. The number of allylic oxidation sites excluding steroid dienone is 1. The van der Waals surface area contributed by atoms with Crippen molar-refractivity contribution < 1.29 is 0 Å². The van der Waals surface area contributed by atoms with Crippen molar-refractivity contribution in [3.05, 3.63) is 59.8 Å². The van der Waals surface area contributed by atoms with E-state index in [1.807, 2.05) is 12.3 Å². The number of aryl methyl sites for hydroxylation is 1. The summed E-state index contributed by atoms with van der Waals surface area (Å²) in [6.45, 7) is 1.82. The van der Waals surface area contributed by atoms with Crippen LogP contribution < -0.4 is 10.6 Å². The quantitative estimate of drug-likeness (QED) is 0.509. The minimum absolute atomic E-state index is 0.712. The van der Waals surface area contributed by atoms with E-state index < -0.39 is 0 Å². The van der Waals surface area contributed by atoms with Gasteiger partial charge in [-0.25, -0.2) is 4.98 Å². The molecule has 0 unspecified atom stereocenters. The van der Waals surface area contributed by atoms with Crippen molar-refractivity contribution in [3.63, 3.8) is 0 Å². The molecule has 1 heterocycles. The van der Waals surface area contributed by atoms with Gasteiger partial charge >= 0.3 is 0 Å². The maximum atomic E-state index is 4.55. The van der Waals surface area contributed by atoms with Crippen molar-refractivity contribution in [1.82, 2.24) is 9.97 Å². The van der Waals surface area contributed by atoms with Crippen molar-refractivity contribution in [2.75, 3.05) is 23.7 Å². The molecule has 25 heavy (non-hydrogen) atoms. The fraction of sp³-hybridized carbons (Fsp3) is 0.429. The van der Waals surface area contributed by atoms with Gasteiger partial charge in [-0.05, 0) is 56.6 Å². The largest absolute Gasteiger partial charge is 0.370 e. The Balaban J connectivity index is 1.38. The van der Waals surface area contributed by atoms with E-state index in [9.17, 15) is 0 Å². The highest BCUT2D eigenvalue weighted by atomic mass is 15.1. The van der Waals surface area contributed by atoms with E-state index in [2.05, 4.69) is 57.0 Å². The molecule has 0 spiro atoms. The average molecular weight is 336 g/mol. The van der Waals surface area contributed by atoms with E-state index in [1.165, 1.54) is 31.2 Å². The zero-order valence-electron chi connectivity index (χ0n) is 14.9. The van der Waals surface area contributed by atoms with E-state index in [-0.39, 0.29) is 0 Å². The molecular formula is C21H28N4. The average Bonchev–Trinajstić information content (AvgIpc) is 2.67. The fourth-order valence-electron chi connectivity index (χ4n) is 3.16. The number of nitrogens with zero attached hydrogens (tertiary/aromatic N) is 2. The molecule has 4 nitrogen and oxygen atoms in total. The van der Waals surface area contributed by atoms with Gasteiger partial charge in [-0.2, -0.15) is 4.98 Å². The van der Waals surface area contributed by atoms with Crippen LogP contribution in [-0.2, 0) is 6.42 Å². The number of hydrogen-bond donors (Lipinski definition) is 2. The van der Waals surface area contributed by atoms with Gasteiger partial charge in [0.15, 0.2) is 0 Å². The summed E-state index contributed by atoms with van der Waals surface area (Å²) in [7, 11) is 0. The third-order valence-corrected chi connectivity index (χ3v) is 4.56. The molecule has 4 heteroatoms. The van der Waals surface area contributed by atoms with Crippen LogP contribution in [0.2, 0.25) is 0 Å². The second-order valence-corrected chi connectivity index (χ2v) is 6.57. The maximum absolute atomic E-state index is 4.55. The van der Waals surface area contributed by atoms with Gasteiger partial charge in [-0.3, -0.25) is 0 Å². The molecule has 0 radical (unpaired) electrons. The number of benzene rings is 1. The number of anilines is 2. The van der Waals surface area contributed by atoms with Crippen molar-refractivity contribution in [3.8, 4) is 0 Å². The molecule has 1 aromatic carbocycles. The first kappa shape index (κ1) is 17.5. The first-order chi connectivity index (χ1) is 12.4. The Kier molecular flexibility index (Phi) is 6.86. The van der Waals surface area contributed by atoms with Gasteiger partial charge in [0, 0.05) is 19.3 Å². The maximum Gasteiger partial charge on any atom is 0.224 e. The van der Waals surface area contributed by atoms with Gasteiger partial charge < -0.3 is 10.6 Å². The lowest BCUT2D eigenvalue weighted by molar-refractivity contribution is 0.679.